The second-order valence-corrected chi connectivity index (χ2v) is 8.56. The lowest BCUT2D eigenvalue weighted by Crippen LogP contribution is -2.44. The molecule has 0 spiro atoms. The molecule has 1 fully saturated rings. The van der Waals surface area contributed by atoms with Crippen LogP contribution >= 0.6 is 11.8 Å². The highest BCUT2D eigenvalue weighted by Crippen LogP contribution is 2.32. The van der Waals surface area contributed by atoms with Gasteiger partial charge in [-0.3, -0.25) is 9.20 Å². The quantitative estimate of drug-likeness (QED) is 0.451. The number of aromatic nitrogens is 3. The number of hydrazine groups is 1. The number of carbonyl (C=O) groups is 1. The van der Waals surface area contributed by atoms with E-state index in [2.05, 4.69) is 32.6 Å². The molecule has 3 unspecified atom stereocenters. The molecule has 3 heterocycles. The fourth-order valence-electron chi connectivity index (χ4n) is 3.89. The van der Waals surface area contributed by atoms with Gasteiger partial charge in [0.1, 0.15) is 6.04 Å². The summed E-state index contributed by atoms with van der Waals surface area (Å²) in [5, 5.41) is 11.8. The summed E-state index contributed by atoms with van der Waals surface area (Å²) >= 11 is 1.74. The SMILES string of the molecule is COc1ccc(C2CC(C(=O)NC(CCSC)c3nnc4ccccn34)NN2)cc1OC. The average molecular weight is 457 g/mol. The molecule has 32 heavy (non-hydrogen) atoms. The zero-order valence-corrected chi connectivity index (χ0v) is 19.2. The number of fused-ring (bicyclic) bond motifs is 1. The molecule has 2 aromatic heterocycles. The van der Waals surface area contributed by atoms with Crippen molar-refractivity contribution in [2.45, 2.75) is 31.0 Å². The molecule has 1 amide bonds. The highest BCUT2D eigenvalue weighted by Gasteiger charge is 2.32. The summed E-state index contributed by atoms with van der Waals surface area (Å²) in [6.07, 6.45) is 5.35. The second kappa shape index (κ2) is 10.2. The van der Waals surface area contributed by atoms with E-state index in [0.717, 1.165) is 29.2 Å². The number of nitrogens with zero attached hydrogens (tertiary/aromatic N) is 3. The lowest BCUT2D eigenvalue weighted by Gasteiger charge is -2.19. The van der Waals surface area contributed by atoms with Crippen molar-refractivity contribution in [3.05, 3.63) is 54.0 Å². The maximum Gasteiger partial charge on any atom is 0.239 e. The molecule has 0 bridgehead atoms. The van der Waals surface area contributed by atoms with Crippen LogP contribution in [0.1, 0.15) is 36.3 Å². The van der Waals surface area contributed by atoms with Crippen LogP contribution in [0.5, 0.6) is 11.5 Å². The van der Waals surface area contributed by atoms with Gasteiger partial charge in [0.15, 0.2) is 23.0 Å². The molecule has 0 radical (unpaired) electrons. The summed E-state index contributed by atoms with van der Waals surface area (Å²) in [4.78, 5) is 13.1. The molecular weight excluding hydrogens is 428 g/mol. The highest BCUT2D eigenvalue weighted by atomic mass is 32.2. The standard InChI is InChI=1S/C22H28N6O3S/c1-30-18-8-7-14(12-19(18)31-2)16-13-17(25-24-16)22(29)23-15(9-11-32-3)21-27-26-20-6-4-5-10-28(20)21/h4-8,10,12,15-17,24-25H,9,11,13H2,1-3H3,(H,23,29). The van der Waals surface area contributed by atoms with Crippen LogP contribution in [0, 0.1) is 0 Å². The Morgan fingerprint density at radius 3 is 2.84 bits per heavy atom. The fraction of sp³-hybridized carbons (Fsp3) is 0.409. The third-order valence-corrected chi connectivity index (χ3v) is 6.25. The third kappa shape index (κ3) is 4.67. The highest BCUT2D eigenvalue weighted by molar-refractivity contribution is 7.98. The maximum atomic E-state index is 13.1. The molecule has 3 atom stereocenters. The van der Waals surface area contributed by atoms with Crippen molar-refractivity contribution in [1.29, 1.82) is 0 Å². The minimum atomic E-state index is -0.371. The number of thioether (sulfide) groups is 1. The van der Waals surface area contributed by atoms with Crippen LogP contribution < -0.4 is 25.6 Å². The Labute approximate surface area is 191 Å². The van der Waals surface area contributed by atoms with Crippen molar-refractivity contribution in [2.75, 3.05) is 26.2 Å². The Balaban J connectivity index is 1.46. The van der Waals surface area contributed by atoms with Gasteiger partial charge in [-0.2, -0.15) is 11.8 Å². The first kappa shape index (κ1) is 22.4. The number of benzene rings is 1. The van der Waals surface area contributed by atoms with E-state index in [1.807, 2.05) is 47.0 Å². The van der Waals surface area contributed by atoms with E-state index in [1.54, 1.807) is 26.0 Å². The van der Waals surface area contributed by atoms with Gasteiger partial charge in [-0.25, -0.2) is 10.9 Å². The summed E-state index contributed by atoms with van der Waals surface area (Å²) in [5.41, 5.74) is 8.15. The first-order valence-electron chi connectivity index (χ1n) is 10.5. The van der Waals surface area contributed by atoms with E-state index in [-0.39, 0.29) is 24.0 Å². The average Bonchev–Trinajstić information content (AvgIpc) is 3.49. The van der Waals surface area contributed by atoms with E-state index in [1.165, 1.54) is 0 Å². The molecule has 1 aliphatic heterocycles. The first-order valence-corrected chi connectivity index (χ1v) is 11.9. The number of pyridine rings is 1. The van der Waals surface area contributed by atoms with Crippen LogP contribution in [-0.2, 0) is 4.79 Å². The summed E-state index contributed by atoms with van der Waals surface area (Å²) in [5.74, 6) is 2.91. The minimum Gasteiger partial charge on any atom is -0.493 e. The molecule has 1 aliphatic rings. The number of amides is 1. The van der Waals surface area contributed by atoms with E-state index in [9.17, 15) is 4.79 Å². The topological polar surface area (TPSA) is 102 Å². The van der Waals surface area contributed by atoms with Crippen molar-refractivity contribution < 1.29 is 14.3 Å². The molecule has 0 saturated carbocycles. The summed E-state index contributed by atoms with van der Waals surface area (Å²) in [6.45, 7) is 0. The van der Waals surface area contributed by atoms with Crippen LogP contribution in [0.3, 0.4) is 0 Å². The number of rotatable bonds is 9. The normalized spacial score (nSPS) is 19.1. The van der Waals surface area contributed by atoms with Crippen molar-refractivity contribution >= 4 is 23.3 Å². The molecule has 1 saturated heterocycles. The molecule has 3 aromatic rings. The van der Waals surface area contributed by atoms with Gasteiger partial charge in [-0.15, -0.1) is 10.2 Å². The van der Waals surface area contributed by atoms with Gasteiger partial charge >= 0.3 is 0 Å². The third-order valence-electron chi connectivity index (χ3n) is 5.61. The summed E-state index contributed by atoms with van der Waals surface area (Å²) in [7, 11) is 3.22. The predicted molar refractivity (Wildman–Crippen MR) is 124 cm³/mol. The summed E-state index contributed by atoms with van der Waals surface area (Å²) < 4.78 is 12.7. The molecule has 4 rings (SSSR count). The Bertz CT molecular complexity index is 1070. The molecule has 3 N–H and O–H groups in total. The van der Waals surface area contributed by atoms with E-state index in [0.29, 0.717) is 17.9 Å². The van der Waals surface area contributed by atoms with Gasteiger partial charge in [0.2, 0.25) is 5.91 Å². The van der Waals surface area contributed by atoms with Crippen LogP contribution in [0.2, 0.25) is 0 Å². The number of ether oxygens (including phenoxy) is 2. The van der Waals surface area contributed by atoms with Crippen molar-refractivity contribution in [3.63, 3.8) is 0 Å². The van der Waals surface area contributed by atoms with Crippen LogP contribution in [0.15, 0.2) is 42.6 Å². The first-order chi connectivity index (χ1) is 15.6. The minimum absolute atomic E-state index is 0.0240. The Morgan fingerprint density at radius 1 is 1.22 bits per heavy atom. The van der Waals surface area contributed by atoms with Crippen molar-refractivity contribution in [3.8, 4) is 11.5 Å². The maximum absolute atomic E-state index is 13.1. The monoisotopic (exact) mass is 456 g/mol. The summed E-state index contributed by atoms with van der Waals surface area (Å²) in [6, 6.07) is 10.9. The number of carbonyl (C=O) groups excluding carboxylic acids is 1. The molecule has 0 aliphatic carbocycles. The van der Waals surface area contributed by atoms with Gasteiger partial charge in [-0.05, 0) is 54.7 Å². The Hall–Kier alpha value is -2.82. The number of hydrogen-bond donors (Lipinski definition) is 3. The van der Waals surface area contributed by atoms with Gasteiger partial charge in [0.05, 0.1) is 20.3 Å². The van der Waals surface area contributed by atoms with Gasteiger partial charge in [0, 0.05) is 12.2 Å². The van der Waals surface area contributed by atoms with E-state index in [4.69, 9.17) is 9.47 Å². The number of methoxy groups -OCH3 is 2. The molecule has 170 valence electrons. The Kier molecular flexibility index (Phi) is 7.13. The van der Waals surface area contributed by atoms with Crippen molar-refractivity contribution in [2.24, 2.45) is 0 Å². The zero-order valence-electron chi connectivity index (χ0n) is 18.4. The second-order valence-electron chi connectivity index (χ2n) is 7.57. The number of hydrogen-bond acceptors (Lipinski definition) is 8. The fourth-order valence-corrected chi connectivity index (χ4v) is 4.36. The van der Waals surface area contributed by atoms with Crippen LogP contribution in [0.25, 0.3) is 5.65 Å². The van der Waals surface area contributed by atoms with E-state index >= 15 is 0 Å². The van der Waals surface area contributed by atoms with Gasteiger partial charge in [-0.1, -0.05) is 12.1 Å². The van der Waals surface area contributed by atoms with Crippen molar-refractivity contribution in [1.82, 2.24) is 30.8 Å². The zero-order chi connectivity index (χ0) is 22.5. The number of nitrogens with one attached hydrogen (secondary N) is 3. The largest absolute Gasteiger partial charge is 0.493 e. The van der Waals surface area contributed by atoms with E-state index < -0.39 is 0 Å². The lowest BCUT2D eigenvalue weighted by atomic mass is 10.0. The molecule has 9 nitrogen and oxygen atoms in total. The lowest BCUT2D eigenvalue weighted by molar-refractivity contribution is -0.123. The smallest absolute Gasteiger partial charge is 0.239 e. The molecule has 10 heteroatoms. The molecular formula is C22H28N6O3S. The van der Waals surface area contributed by atoms with Gasteiger partial charge in [0.25, 0.3) is 0 Å². The Morgan fingerprint density at radius 2 is 2.06 bits per heavy atom. The van der Waals surface area contributed by atoms with Crippen LogP contribution in [0.4, 0.5) is 0 Å². The predicted octanol–water partition coefficient (Wildman–Crippen LogP) is 2.26. The van der Waals surface area contributed by atoms with Gasteiger partial charge < -0.3 is 14.8 Å². The van der Waals surface area contributed by atoms with Crippen LogP contribution in [-0.4, -0.2) is 52.8 Å². The molecule has 1 aromatic carbocycles.